The van der Waals surface area contributed by atoms with Crippen LogP contribution in [0, 0.1) is 0 Å². The molecule has 1 heterocycles. The predicted octanol–water partition coefficient (Wildman–Crippen LogP) is -0.747. The molecule has 0 unspecified atom stereocenters. The van der Waals surface area contributed by atoms with E-state index in [2.05, 4.69) is 15.2 Å². The van der Waals surface area contributed by atoms with Crippen LogP contribution in [0.1, 0.15) is 10.5 Å². The second-order valence-corrected chi connectivity index (χ2v) is 1.47. The lowest BCUT2D eigenvalue weighted by Crippen LogP contribution is -2.03. The highest BCUT2D eigenvalue weighted by Crippen LogP contribution is 1.86. The van der Waals surface area contributed by atoms with Crippen LogP contribution in [0.3, 0.4) is 0 Å². The van der Waals surface area contributed by atoms with Gasteiger partial charge in [0.2, 0.25) is 5.78 Å². The molecule has 10 heavy (non-hydrogen) atoms. The first kappa shape index (κ1) is 6.47. The van der Waals surface area contributed by atoms with Crippen molar-refractivity contribution in [2.24, 2.45) is 0 Å². The van der Waals surface area contributed by atoms with Crippen LogP contribution in [0.15, 0.2) is 12.5 Å². The molecule has 1 rings (SSSR count). The van der Waals surface area contributed by atoms with Crippen LogP contribution < -0.4 is 0 Å². The molecule has 0 saturated carbocycles. The summed E-state index contributed by atoms with van der Waals surface area (Å²) in [5.41, 5.74) is 0.0185. The fraction of sp³-hybridized carbons (Fsp3) is 0. The second-order valence-electron chi connectivity index (χ2n) is 1.47. The zero-order valence-electron chi connectivity index (χ0n) is 4.89. The Labute approximate surface area is 56.1 Å². The lowest BCUT2D eigenvalue weighted by molar-refractivity contribution is -0.104. The average molecular weight is 137 g/mol. The first-order valence-corrected chi connectivity index (χ1v) is 2.47. The van der Waals surface area contributed by atoms with Crippen molar-refractivity contribution in [2.45, 2.75) is 0 Å². The van der Waals surface area contributed by atoms with E-state index < -0.39 is 5.78 Å². The Kier molecular flexibility index (Phi) is 1.79. The zero-order chi connectivity index (χ0) is 7.40. The van der Waals surface area contributed by atoms with Gasteiger partial charge >= 0.3 is 0 Å². The minimum atomic E-state index is -0.685. The number of aldehydes is 1. The molecule has 0 saturated heterocycles. The van der Waals surface area contributed by atoms with Gasteiger partial charge in [0.15, 0.2) is 6.29 Å². The van der Waals surface area contributed by atoms with Crippen molar-refractivity contribution in [3.8, 4) is 0 Å². The molecule has 0 spiro atoms. The van der Waals surface area contributed by atoms with Crippen LogP contribution in [0.4, 0.5) is 0 Å². The van der Waals surface area contributed by atoms with Gasteiger partial charge in [-0.1, -0.05) is 0 Å². The number of nitrogens with zero attached hydrogens (tertiary/aromatic N) is 3. The largest absolute Gasteiger partial charge is 0.294 e. The SMILES string of the molecule is O=CC(=O)c1cnncn1. The first-order chi connectivity index (χ1) is 4.84. The highest BCUT2D eigenvalue weighted by molar-refractivity contribution is 6.32. The van der Waals surface area contributed by atoms with Gasteiger partial charge in [-0.05, 0) is 0 Å². The lowest BCUT2D eigenvalue weighted by atomic mass is 10.3. The maximum absolute atomic E-state index is 10.5. The van der Waals surface area contributed by atoms with Gasteiger partial charge in [-0.3, -0.25) is 9.59 Å². The van der Waals surface area contributed by atoms with Crippen molar-refractivity contribution >= 4 is 12.1 Å². The number of Topliss-reactive ketones (excluding diaryl/α,β-unsaturated/α-hetero) is 1. The number of hydrogen-bond acceptors (Lipinski definition) is 5. The molecule has 5 nitrogen and oxygen atoms in total. The van der Waals surface area contributed by atoms with Gasteiger partial charge in [-0.25, -0.2) is 4.98 Å². The van der Waals surface area contributed by atoms with E-state index in [0.717, 1.165) is 12.5 Å². The van der Waals surface area contributed by atoms with E-state index in [-0.39, 0.29) is 12.0 Å². The minimum absolute atomic E-state index is 0.0185. The van der Waals surface area contributed by atoms with Gasteiger partial charge in [-0.2, -0.15) is 5.10 Å². The minimum Gasteiger partial charge on any atom is -0.294 e. The molecule has 0 fully saturated rings. The molecular weight excluding hydrogens is 134 g/mol. The Morgan fingerprint density at radius 1 is 1.50 bits per heavy atom. The van der Waals surface area contributed by atoms with Crippen LogP contribution in [0.25, 0.3) is 0 Å². The third-order valence-corrected chi connectivity index (χ3v) is 0.855. The third-order valence-electron chi connectivity index (χ3n) is 0.855. The van der Waals surface area contributed by atoms with Gasteiger partial charge < -0.3 is 0 Å². The monoisotopic (exact) mass is 137 g/mol. The van der Waals surface area contributed by atoms with Gasteiger partial charge in [0.05, 0.1) is 6.20 Å². The quantitative estimate of drug-likeness (QED) is 0.304. The number of rotatable bonds is 2. The number of carbonyl (C=O) groups excluding carboxylic acids is 2. The van der Waals surface area contributed by atoms with Gasteiger partial charge in [0.1, 0.15) is 12.0 Å². The van der Waals surface area contributed by atoms with E-state index in [9.17, 15) is 9.59 Å². The maximum atomic E-state index is 10.5. The smallest absolute Gasteiger partial charge is 0.245 e. The van der Waals surface area contributed by atoms with Crippen LogP contribution >= 0.6 is 0 Å². The van der Waals surface area contributed by atoms with E-state index in [1.54, 1.807) is 0 Å². The molecule has 0 aliphatic carbocycles. The van der Waals surface area contributed by atoms with Crippen molar-refractivity contribution in [1.29, 1.82) is 0 Å². The van der Waals surface area contributed by atoms with E-state index >= 15 is 0 Å². The van der Waals surface area contributed by atoms with E-state index in [1.807, 2.05) is 0 Å². The molecule has 0 radical (unpaired) electrons. The van der Waals surface area contributed by atoms with Crippen molar-refractivity contribution < 1.29 is 9.59 Å². The van der Waals surface area contributed by atoms with E-state index in [4.69, 9.17) is 0 Å². The highest BCUT2D eigenvalue weighted by Gasteiger charge is 2.03. The molecule has 0 bridgehead atoms. The lowest BCUT2D eigenvalue weighted by Gasteiger charge is -1.86. The Morgan fingerprint density at radius 2 is 2.30 bits per heavy atom. The Hall–Kier alpha value is -1.65. The average Bonchev–Trinajstić information content (AvgIpc) is 2.05. The van der Waals surface area contributed by atoms with Gasteiger partial charge in [0, 0.05) is 0 Å². The topological polar surface area (TPSA) is 72.8 Å². The number of ketones is 1. The molecule has 5 heteroatoms. The molecule has 0 aliphatic heterocycles. The molecule has 0 aromatic carbocycles. The normalized spacial score (nSPS) is 8.80. The fourth-order valence-corrected chi connectivity index (χ4v) is 0.427. The van der Waals surface area contributed by atoms with Crippen LogP contribution in [0.2, 0.25) is 0 Å². The Bertz CT molecular complexity index is 246. The molecule has 50 valence electrons. The summed E-state index contributed by atoms with van der Waals surface area (Å²) in [6, 6.07) is 0. The van der Waals surface area contributed by atoms with Crippen LogP contribution in [-0.2, 0) is 4.79 Å². The molecule has 1 aromatic rings. The summed E-state index contributed by atoms with van der Waals surface area (Å²) >= 11 is 0. The summed E-state index contributed by atoms with van der Waals surface area (Å²) in [5, 5.41) is 6.69. The summed E-state index contributed by atoms with van der Waals surface area (Å²) in [5.74, 6) is -0.685. The van der Waals surface area contributed by atoms with E-state index in [1.165, 1.54) is 0 Å². The van der Waals surface area contributed by atoms with Gasteiger partial charge in [-0.15, -0.1) is 5.10 Å². The zero-order valence-corrected chi connectivity index (χ0v) is 4.89. The third kappa shape index (κ3) is 1.19. The fourth-order valence-electron chi connectivity index (χ4n) is 0.427. The summed E-state index contributed by atoms with van der Waals surface area (Å²) < 4.78 is 0. The van der Waals surface area contributed by atoms with Gasteiger partial charge in [0.25, 0.3) is 0 Å². The Morgan fingerprint density at radius 3 is 2.80 bits per heavy atom. The van der Waals surface area contributed by atoms with Crippen molar-refractivity contribution in [3.05, 3.63) is 18.2 Å². The number of hydrogen-bond donors (Lipinski definition) is 0. The highest BCUT2D eigenvalue weighted by atomic mass is 16.2. The standard InChI is InChI=1S/C5H3N3O2/c9-2-5(10)4-1-7-8-3-6-4/h1-3H. The van der Waals surface area contributed by atoms with E-state index in [0.29, 0.717) is 0 Å². The Balaban J connectivity index is 2.95. The molecule has 0 aliphatic rings. The van der Waals surface area contributed by atoms with Crippen LogP contribution in [-0.4, -0.2) is 27.3 Å². The van der Waals surface area contributed by atoms with Crippen molar-refractivity contribution in [1.82, 2.24) is 15.2 Å². The molecule has 0 atom stereocenters. The maximum Gasteiger partial charge on any atom is 0.245 e. The van der Waals surface area contributed by atoms with Crippen molar-refractivity contribution in [2.75, 3.05) is 0 Å². The molecule has 0 amide bonds. The summed E-state index contributed by atoms with van der Waals surface area (Å²) in [4.78, 5) is 23.9. The molecular formula is C5H3N3O2. The summed E-state index contributed by atoms with van der Waals surface area (Å²) in [7, 11) is 0. The second kappa shape index (κ2) is 2.77. The molecule has 0 N–H and O–H groups in total. The first-order valence-electron chi connectivity index (χ1n) is 2.47. The summed E-state index contributed by atoms with van der Waals surface area (Å²) in [6.45, 7) is 0. The predicted molar refractivity (Wildman–Crippen MR) is 30.2 cm³/mol. The van der Waals surface area contributed by atoms with Crippen LogP contribution in [0.5, 0.6) is 0 Å². The molecule has 1 aromatic heterocycles. The summed E-state index contributed by atoms with van der Waals surface area (Å²) in [6.07, 6.45) is 2.43. The van der Waals surface area contributed by atoms with Crippen molar-refractivity contribution in [3.63, 3.8) is 0 Å². The number of carbonyl (C=O) groups is 2. The number of aromatic nitrogens is 3.